The van der Waals surface area contributed by atoms with Gasteiger partial charge in [-0.25, -0.2) is 0 Å². The maximum atomic E-state index is 10.5. The molecule has 0 aromatic carbocycles. The van der Waals surface area contributed by atoms with Crippen LogP contribution in [0.25, 0.3) is 0 Å². The Labute approximate surface area is 99.9 Å². The molecule has 1 saturated carbocycles. The van der Waals surface area contributed by atoms with E-state index >= 15 is 0 Å². The van der Waals surface area contributed by atoms with Crippen molar-refractivity contribution in [3.8, 4) is 0 Å². The number of hydrogen-bond donors (Lipinski definition) is 1. The van der Waals surface area contributed by atoms with Crippen LogP contribution in [-0.4, -0.2) is 11.2 Å². The van der Waals surface area contributed by atoms with Crippen LogP contribution < -0.4 is 0 Å². The summed E-state index contributed by atoms with van der Waals surface area (Å²) in [7, 11) is 0. The zero-order valence-electron chi connectivity index (χ0n) is 10.6. The van der Waals surface area contributed by atoms with Crippen molar-refractivity contribution in [3.63, 3.8) is 0 Å². The van der Waals surface area contributed by atoms with Gasteiger partial charge in [0, 0.05) is 0 Å². The molecular formula is C15H26O. The normalized spacial score (nSPS) is 37.2. The molecule has 0 aromatic heterocycles. The van der Waals surface area contributed by atoms with Crippen LogP contribution in [0.15, 0.2) is 12.2 Å². The van der Waals surface area contributed by atoms with Crippen LogP contribution in [0.1, 0.15) is 58.3 Å². The van der Waals surface area contributed by atoms with Gasteiger partial charge in [-0.15, -0.1) is 0 Å². The molecular weight excluding hydrogens is 196 g/mol. The highest BCUT2D eigenvalue weighted by molar-refractivity contribution is 4.94. The third-order valence-electron chi connectivity index (χ3n) is 4.68. The highest BCUT2D eigenvalue weighted by Gasteiger charge is 2.31. The standard InChI is InChI=1S/C15H26O/c1-2-12-7-6-10-14(11-12)15(16)13-8-4-3-5-9-13/h3-4,12-16H,2,5-11H2,1H3. The summed E-state index contributed by atoms with van der Waals surface area (Å²) in [5.41, 5.74) is 0. The second kappa shape index (κ2) is 5.86. The molecule has 0 saturated heterocycles. The topological polar surface area (TPSA) is 20.2 Å². The maximum absolute atomic E-state index is 10.5. The van der Waals surface area contributed by atoms with E-state index in [0.29, 0.717) is 11.8 Å². The van der Waals surface area contributed by atoms with Crippen LogP contribution in [0.2, 0.25) is 0 Å². The Morgan fingerprint density at radius 1 is 1.19 bits per heavy atom. The van der Waals surface area contributed by atoms with Crippen molar-refractivity contribution < 1.29 is 5.11 Å². The lowest BCUT2D eigenvalue weighted by Crippen LogP contribution is -2.33. The van der Waals surface area contributed by atoms with Crippen LogP contribution in [0.3, 0.4) is 0 Å². The largest absolute Gasteiger partial charge is 0.393 e. The van der Waals surface area contributed by atoms with Gasteiger partial charge in [0.15, 0.2) is 0 Å². The predicted molar refractivity (Wildman–Crippen MR) is 68.2 cm³/mol. The molecule has 2 rings (SSSR count). The Balaban J connectivity index is 1.87. The first-order chi connectivity index (χ1) is 7.81. The number of hydrogen-bond acceptors (Lipinski definition) is 1. The van der Waals surface area contributed by atoms with Gasteiger partial charge in [0.1, 0.15) is 0 Å². The Morgan fingerprint density at radius 2 is 2.06 bits per heavy atom. The first kappa shape index (κ1) is 12.2. The molecule has 0 aromatic rings. The van der Waals surface area contributed by atoms with Crippen LogP contribution in [0.4, 0.5) is 0 Å². The van der Waals surface area contributed by atoms with E-state index in [1.165, 1.54) is 44.9 Å². The molecule has 1 fully saturated rings. The molecule has 92 valence electrons. The molecule has 1 N–H and O–H groups in total. The van der Waals surface area contributed by atoms with Gasteiger partial charge >= 0.3 is 0 Å². The SMILES string of the molecule is CCC1CCCC(C(O)C2CC=CCC2)C1. The minimum atomic E-state index is -0.0284. The van der Waals surface area contributed by atoms with E-state index in [1.807, 2.05) is 0 Å². The molecule has 0 radical (unpaired) electrons. The summed E-state index contributed by atoms with van der Waals surface area (Å²) < 4.78 is 0. The average molecular weight is 222 g/mol. The predicted octanol–water partition coefficient (Wildman–Crippen LogP) is 3.92. The molecule has 2 aliphatic carbocycles. The van der Waals surface area contributed by atoms with Gasteiger partial charge in [0.2, 0.25) is 0 Å². The molecule has 1 nitrogen and oxygen atoms in total. The third-order valence-corrected chi connectivity index (χ3v) is 4.68. The molecule has 0 bridgehead atoms. The summed E-state index contributed by atoms with van der Waals surface area (Å²) in [6, 6.07) is 0. The minimum Gasteiger partial charge on any atom is -0.393 e. The van der Waals surface area contributed by atoms with Crippen molar-refractivity contribution in [3.05, 3.63) is 12.2 Å². The number of rotatable bonds is 3. The highest BCUT2D eigenvalue weighted by atomic mass is 16.3. The zero-order chi connectivity index (χ0) is 11.4. The number of aliphatic hydroxyl groups is 1. The maximum Gasteiger partial charge on any atom is 0.0599 e. The van der Waals surface area contributed by atoms with Crippen LogP contribution in [0.5, 0.6) is 0 Å². The van der Waals surface area contributed by atoms with Crippen molar-refractivity contribution in [2.75, 3.05) is 0 Å². The average Bonchev–Trinajstić information content (AvgIpc) is 2.39. The highest BCUT2D eigenvalue weighted by Crippen LogP contribution is 2.37. The van der Waals surface area contributed by atoms with Crippen molar-refractivity contribution in [2.45, 2.75) is 64.4 Å². The lowest BCUT2D eigenvalue weighted by Gasteiger charge is -2.36. The van der Waals surface area contributed by atoms with Crippen molar-refractivity contribution in [1.82, 2.24) is 0 Å². The fraction of sp³-hybridized carbons (Fsp3) is 0.867. The summed E-state index contributed by atoms with van der Waals surface area (Å²) in [5.74, 6) is 2.02. The summed E-state index contributed by atoms with van der Waals surface area (Å²) in [5, 5.41) is 10.5. The molecule has 0 aliphatic heterocycles. The summed E-state index contributed by atoms with van der Waals surface area (Å²) in [6.07, 6.45) is 14.5. The lowest BCUT2D eigenvalue weighted by atomic mass is 9.73. The van der Waals surface area contributed by atoms with Gasteiger partial charge < -0.3 is 5.11 Å². The quantitative estimate of drug-likeness (QED) is 0.718. The lowest BCUT2D eigenvalue weighted by molar-refractivity contribution is 0.0185. The molecule has 0 spiro atoms. The Kier molecular flexibility index (Phi) is 4.45. The minimum absolute atomic E-state index is 0.0284. The molecule has 1 heteroatoms. The fourth-order valence-electron chi connectivity index (χ4n) is 3.53. The van der Waals surface area contributed by atoms with E-state index in [1.54, 1.807) is 0 Å². The van der Waals surface area contributed by atoms with E-state index < -0.39 is 0 Å². The smallest absolute Gasteiger partial charge is 0.0599 e. The first-order valence-electron chi connectivity index (χ1n) is 7.14. The number of aliphatic hydroxyl groups excluding tert-OH is 1. The van der Waals surface area contributed by atoms with E-state index in [2.05, 4.69) is 19.1 Å². The van der Waals surface area contributed by atoms with E-state index in [-0.39, 0.29) is 6.10 Å². The second-order valence-electron chi connectivity index (χ2n) is 5.74. The third kappa shape index (κ3) is 2.88. The van der Waals surface area contributed by atoms with Gasteiger partial charge in [-0.2, -0.15) is 0 Å². The van der Waals surface area contributed by atoms with Gasteiger partial charge in [0.05, 0.1) is 6.10 Å². The fourth-order valence-corrected chi connectivity index (χ4v) is 3.53. The van der Waals surface area contributed by atoms with E-state index in [0.717, 1.165) is 12.3 Å². The molecule has 4 atom stereocenters. The van der Waals surface area contributed by atoms with Crippen LogP contribution in [-0.2, 0) is 0 Å². The molecule has 2 aliphatic rings. The summed E-state index contributed by atoms with van der Waals surface area (Å²) in [6.45, 7) is 2.29. The van der Waals surface area contributed by atoms with E-state index in [4.69, 9.17) is 0 Å². The Hall–Kier alpha value is -0.300. The zero-order valence-corrected chi connectivity index (χ0v) is 10.6. The molecule has 0 amide bonds. The van der Waals surface area contributed by atoms with Crippen LogP contribution in [0, 0.1) is 17.8 Å². The summed E-state index contributed by atoms with van der Waals surface area (Å²) in [4.78, 5) is 0. The van der Waals surface area contributed by atoms with Gasteiger partial charge in [0.25, 0.3) is 0 Å². The van der Waals surface area contributed by atoms with Gasteiger partial charge in [-0.1, -0.05) is 38.3 Å². The van der Waals surface area contributed by atoms with Crippen LogP contribution >= 0.6 is 0 Å². The first-order valence-corrected chi connectivity index (χ1v) is 7.14. The van der Waals surface area contributed by atoms with Crippen molar-refractivity contribution in [1.29, 1.82) is 0 Å². The molecule has 4 unspecified atom stereocenters. The van der Waals surface area contributed by atoms with Crippen molar-refractivity contribution in [2.24, 2.45) is 17.8 Å². The Bertz CT molecular complexity index is 234. The summed E-state index contributed by atoms with van der Waals surface area (Å²) >= 11 is 0. The van der Waals surface area contributed by atoms with Crippen molar-refractivity contribution >= 4 is 0 Å². The van der Waals surface area contributed by atoms with Gasteiger partial charge in [-0.3, -0.25) is 0 Å². The number of allylic oxidation sites excluding steroid dienone is 2. The second-order valence-corrected chi connectivity index (χ2v) is 5.74. The van der Waals surface area contributed by atoms with Gasteiger partial charge in [-0.05, 0) is 49.9 Å². The Morgan fingerprint density at radius 3 is 2.75 bits per heavy atom. The van der Waals surface area contributed by atoms with E-state index in [9.17, 15) is 5.11 Å². The molecule has 0 heterocycles. The monoisotopic (exact) mass is 222 g/mol. The molecule has 16 heavy (non-hydrogen) atoms.